The van der Waals surface area contributed by atoms with Gasteiger partial charge in [0, 0.05) is 10.8 Å². The normalized spacial score (nSPS) is 10.7. The van der Waals surface area contributed by atoms with Gasteiger partial charge in [0.1, 0.15) is 0 Å². The molecule has 2 aromatic rings. The standard InChI is InChI=1S/C10H11ClN4OS/c11-9-3-1-2-8(6-9)7-17-10-12-13-14-15(10)4-5-16/h1-3,6,16H,4-5,7H2. The molecule has 5 nitrogen and oxygen atoms in total. The van der Waals surface area contributed by atoms with Gasteiger partial charge in [0.25, 0.3) is 0 Å². The van der Waals surface area contributed by atoms with Crippen LogP contribution in [-0.2, 0) is 12.3 Å². The first-order chi connectivity index (χ1) is 8.29. The first-order valence-electron chi connectivity index (χ1n) is 5.04. The SMILES string of the molecule is OCCn1nnnc1SCc1cccc(Cl)c1. The van der Waals surface area contributed by atoms with Gasteiger partial charge in [-0.3, -0.25) is 0 Å². The Labute approximate surface area is 108 Å². The molecule has 2 rings (SSSR count). The molecule has 0 bridgehead atoms. The summed E-state index contributed by atoms with van der Waals surface area (Å²) in [5, 5.41) is 21.5. The fourth-order valence-electron chi connectivity index (χ4n) is 1.31. The molecule has 7 heteroatoms. The van der Waals surface area contributed by atoms with Crippen molar-refractivity contribution in [3.8, 4) is 0 Å². The number of rotatable bonds is 5. The number of aliphatic hydroxyl groups excluding tert-OH is 1. The minimum Gasteiger partial charge on any atom is -0.394 e. The molecule has 0 saturated carbocycles. The molecular formula is C10H11ClN4OS. The molecular weight excluding hydrogens is 260 g/mol. The zero-order valence-electron chi connectivity index (χ0n) is 8.95. The van der Waals surface area contributed by atoms with Crippen molar-refractivity contribution in [2.75, 3.05) is 6.61 Å². The van der Waals surface area contributed by atoms with E-state index in [-0.39, 0.29) is 6.61 Å². The summed E-state index contributed by atoms with van der Waals surface area (Å²) < 4.78 is 1.58. The van der Waals surface area contributed by atoms with Gasteiger partial charge >= 0.3 is 0 Å². The summed E-state index contributed by atoms with van der Waals surface area (Å²) >= 11 is 7.41. The molecule has 0 fully saturated rings. The Morgan fingerprint density at radius 3 is 3.06 bits per heavy atom. The van der Waals surface area contributed by atoms with E-state index in [1.54, 1.807) is 4.68 Å². The van der Waals surface area contributed by atoms with Crippen LogP contribution in [-0.4, -0.2) is 31.9 Å². The van der Waals surface area contributed by atoms with E-state index in [1.807, 2.05) is 24.3 Å². The van der Waals surface area contributed by atoms with Gasteiger partial charge in [0.15, 0.2) is 0 Å². The van der Waals surface area contributed by atoms with Crippen molar-refractivity contribution in [1.29, 1.82) is 0 Å². The summed E-state index contributed by atoms with van der Waals surface area (Å²) in [6, 6.07) is 7.66. The highest BCUT2D eigenvalue weighted by molar-refractivity contribution is 7.98. The first-order valence-corrected chi connectivity index (χ1v) is 6.40. The molecule has 90 valence electrons. The topological polar surface area (TPSA) is 63.8 Å². The van der Waals surface area contributed by atoms with Crippen LogP contribution in [0.1, 0.15) is 5.56 Å². The molecule has 0 atom stereocenters. The van der Waals surface area contributed by atoms with Crippen LogP contribution in [0.15, 0.2) is 29.4 Å². The third-order valence-electron chi connectivity index (χ3n) is 2.07. The Morgan fingerprint density at radius 1 is 1.41 bits per heavy atom. The molecule has 0 unspecified atom stereocenters. The number of tetrazole rings is 1. The average Bonchev–Trinajstić information content (AvgIpc) is 2.75. The summed E-state index contributed by atoms with van der Waals surface area (Å²) in [6.45, 7) is 0.431. The maximum absolute atomic E-state index is 8.84. The Kier molecular flexibility index (Phi) is 4.36. The lowest BCUT2D eigenvalue weighted by Gasteiger charge is -2.02. The van der Waals surface area contributed by atoms with Crippen LogP contribution in [0.4, 0.5) is 0 Å². The molecule has 0 aliphatic heterocycles. The molecule has 1 N–H and O–H groups in total. The number of nitrogens with zero attached hydrogens (tertiary/aromatic N) is 4. The minimum atomic E-state index is 0.0236. The molecule has 1 heterocycles. The lowest BCUT2D eigenvalue weighted by Crippen LogP contribution is -2.05. The van der Waals surface area contributed by atoms with Crippen molar-refractivity contribution < 1.29 is 5.11 Å². The van der Waals surface area contributed by atoms with E-state index in [9.17, 15) is 0 Å². The molecule has 0 amide bonds. The predicted octanol–water partition coefficient (Wildman–Crippen LogP) is 1.61. The van der Waals surface area contributed by atoms with E-state index in [0.29, 0.717) is 11.7 Å². The lowest BCUT2D eigenvalue weighted by molar-refractivity contribution is 0.262. The quantitative estimate of drug-likeness (QED) is 0.837. The van der Waals surface area contributed by atoms with Crippen molar-refractivity contribution in [2.45, 2.75) is 17.5 Å². The predicted molar refractivity (Wildman–Crippen MR) is 65.9 cm³/mol. The fraction of sp³-hybridized carbons (Fsp3) is 0.300. The molecule has 0 spiro atoms. The highest BCUT2D eigenvalue weighted by atomic mass is 35.5. The number of aliphatic hydroxyl groups is 1. The van der Waals surface area contributed by atoms with Crippen molar-refractivity contribution in [3.63, 3.8) is 0 Å². The van der Waals surface area contributed by atoms with Gasteiger partial charge in [-0.25, -0.2) is 4.68 Å². The van der Waals surface area contributed by atoms with Crippen LogP contribution in [0.5, 0.6) is 0 Å². The second kappa shape index (κ2) is 6.00. The highest BCUT2D eigenvalue weighted by Gasteiger charge is 2.06. The average molecular weight is 271 g/mol. The number of benzene rings is 1. The summed E-state index contributed by atoms with van der Waals surface area (Å²) in [6.07, 6.45) is 0. The summed E-state index contributed by atoms with van der Waals surface area (Å²) in [5.74, 6) is 0.742. The Balaban J connectivity index is 1.99. The minimum absolute atomic E-state index is 0.0236. The van der Waals surface area contributed by atoms with E-state index in [0.717, 1.165) is 16.3 Å². The third-order valence-corrected chi connectivity index (χ3v) is 3.33. The first kappa shape index (κ1) is 12.3. The van der Waals surface area contributed by atoms with E-state index in [1.165, 1.54) is 11.8 Å². The Hall–Kier alpha value is -1.11. The summed E-state index contributed by atoms with van der Waals surface area (Å²) in [7, 11) is 0. The Bertz CT molecular complexity index is 491. The van der Waals surface area contributed by atoms with E-state index in [2.05, 4.69) is 15.5 Å². The fourth-order valence-corrected chi connectivity index (χ4v) is 2.37. The number of hydrogen-bond acceptors (Lipinski definition) is 5. The maximum atomic E-state index is 8.84. The van der Waals surface area contributed by atoms with Crippen LogP contribution in [0, 0.1) is 0 Å². The van der Waals surface area contributed by atoms with Gasteiger partial charge in [-0.15, -0.1) is 5.10 Å². The van der Waals surface area contributed by atoms with Crippen LogP contribution in [0.2, 0.25) is 5.02 Å². The van der Waals surface area contributed by atoms with Crippen molar-refractivity contribution in [3.05, 3.63) is 34.9 Å². The summed E-state index contributed by atoms with van der Waals surface area (Å²) in [5.41, 5.74) is 1.11. The third kappa shape index (κ3) is 3.42. The number of halogens is 1. The van der Waals surface area contributed by atoms with Crippen molar-refractivity contribution in [1.82, 2.24) is 20.2 Å². The second-order valence-electron chi connectivity index (χ2n) is 3.33. The van der Waals surface area contributed by atoms with E-state index < -0.39 is 0 Å². The van der Waals surface area contributed by atoms with E-state index in [4.69, 9.17) is 16.7 Å². The van der Waals surface area contributed by atoms with Crippen LogP contribution in [0.25, 0.3) is 0 Å². The maximum Gasteiger partial charge on any atom is 0.209 e. The molecule has 17 heavy (non-hydrogen) atoms. The van der Waals surface area contributed by atoms with Gasteiger partial charge in [-0.2, -0.15) is 0 Å². The van der Waals surface area contributed by atoms with Gasteiger partial charge < -0.3 is 5.11 Å². The summed E-state index contributed by atoms with van der Waals surface area (Å²) in [4.78, 5) is 0. The van der Waals surface area contributed by atoms with Gasteiger partial charge in [-0.1, -0.05) is 35.5 Å². The number of hydrogen-bond donors (Lipinski definition) is 1. The molecule has 0 aliphatic carbocycles. The molecule has 0 aliphatic rings. The van der Waals surface area contributed by atoms with Crippen molar-refractivity contribution >= 4 is 23.4 Å². The molecule has 1 aromatic heterocycles. The number of aromatic nitrogens is 4. The zero-order valence-corrected chi connectivity index (χ0v) is 10.5. The number of thioether (sulfide) groups is 1. The van der Waals surface area contributed by atoms with E-state index >= 15 is 0 Å². The van der Waals surface area contributed by atoms with Gasteiger partial charge in [0.05, 0.1) is 13.2 Å². The lowest BCUT2D eigenvalue weighted by atomic mass is 10.2. The Morgan fingerprint density at radius 2 is 2.29 bits per heavy atom. The van der Waals surface area contributed by atoms with Crippen LogP contribution >= 0.6 is 23.4 Å². The zero-order chi connectivity index (χ0) is 12.1. The van der Waals surface area contributed by atoms with Gasteiger partial charge in [0.2, 0.25) is 5.16 Å². The molecule has 0 radical (unpaired) electrons. The van der Waals surface area contributed by atoms with Crippen LogP contribution in [0.3, 0.4) is 0 Å². The highest BCUT2D eigenvalue weighted by Crippen LogP contribution is 2.21. The molecule has 1 aromatic carbocycles. The second-order valence-corrected chi connectivity index (χ2v) is 4.71. The largest absolute Gasteiger partial charge is 0.394 e. The van der Waals surface area contributed by atoms with Crippen LogP contribution < -0.4 is 0 Å². The van der Waals surface area contributed by atoms with Gasteiger partial charge in [-0.05, 0) is 28.1 Å². The smallest absolute Gasteiger partial charge is 0.209 e. The monoisotopic (exact) mass is 270 g/mol. The molecule has 0 saturated heterocycles. The van der Waals surface area contributed by atoms with Crippen molar-refractivity contribution in [2.24, 2.45) is 0 Å².